The summed E-state index contributed by atoms with van der Waals surface area (Å²) < 4.78 is 29.6. The van der Waals surface area contributed by atoms with Crippen LogP contribution in [0.3, 0.4) is 0 Å². The van der Waals surface area contributed by atoms with Crippen LogP contribution in [-0.4, -0.2) is 43.8 Å². The van der Waals surface area contributed by atoms with Crippen molar-refractivity contribution in [1.29, 1.82) is 0 Å². The molecule has 1 N–H and O–H groups in total. The molecule has 0 spiro atoms. The van der Waals surface area contributed by atoms with Crippen molar-refractivity contribution < 1.29 is 18.0 Å². The molecule has 0 aliphatic heterocycles. The van der Waals surface area contributed by atoms with E-state index in [1.807, 2.05) is 6.92 Å². The third kappa shape index (κ3) is 8.07. The molecule has 4 rings (SSSR count). The summed E-state index contributed by atoms with van der Waals surface area (Å²) in [6, 6.07) is 18.9. The van der Waals surface area contributed by atoms with Gasteiger partial charge in [-0.15, -0.1) is 0 Å². The SMILES string of the molecule is CCC(C(=O)NC1CCCCC1)N(Cc1ccc(Cl)cc1Cl)C(=O)CN(c1cccc(Br)c1)S(=O)(=O)c1ccccc1. The Morgan fingerprint density at radius 2 is 1.69 bits per heavy atom. The first-order valence-electron chi connectivity index (χ1n) is 14.0. The maximum Gasteiger partial charge on any atom is 0.264 e. The molecule has 224 valence electrons. The Kier molecular flexibility index (Phi) is 11.3. The van der Waals surface area contributed by atoms with Crippen molar-refractivity contribution in [2.24, 2.45) is 0 Å². The van der Waals surface area contributed by atoms with Gasteiger partial charge in [-0.1, -0.05) is 95.6 Å². The summed E-state index contributed by atoms with van der Waals surface area (Å²) in [7, 11) is -4.14. The Morgan fingerprint density at radius 1 is 0.976 bits per heavy atom. The first kappa shape index (κ1) is 32.3. The molecule has 0 radical (unpaired) electrons. The number of carbonyl (C=O) groups excluding carboxylic acids is 2. The monoisotopic (exact) mass is 693 g/mol. The third-order valence-corrected chi connectivity index (χ3v) is 10.3. The van der Waals surface area contributed by atoms with E-state index in [9.17, 15) is 18.0 Å². The van der Waals surface area contributed by atoms with Gasteiger partial charge in [0.1, 0.15) is 12.6 Å². The zero-order chi connectivity index (χ0) is 30.3. The highest BCUT2D eigenvalue weighted by atomic mass is 79.9. The van der Waals surface area contributed by atoms with Gasteiger partial charge in [-0.3, -0.25) is 13.9 Å². The van der Waals surface area contributed by atoms with Gasteiger partial charge >= 0.3 is 0 Å². The minimum Gasteiger partial charge on any atom is -0.352 e. The fourth-order valence-corrected chi connectivity index (χ4v) is 7.46. The number of nitrogens with one attached hydrogen (secondary N) is 1. The average molecular weight is 696 g/mol. The van der Waals surface area contributed by atoms with Crippen molar-refractivity contribution in [2.45, 2.75) is 69.0 Å². The van der Waals surface area contributed by atoms with Crippen LogP contribution in [0.4, 0.5) is 5.69 Å². The van der Waals surface area contributed by atoms with Gasteiger partial charge in [-0.2, -0.15) is 0 Å². The van der Waals surface area contributed by atoms with Crippen molar-refractivity contribution in [2.75, 3.05) is 10.8 Å². The Labute approximate surface area is 266 Å². The molecule has 1 atom stereocenters. The number of anilines is 1. The molecule has 0 aromatic heterocycles. The average Bonchev–Trinajstić information content (AvgIpc) is 2.97. The standard InChI is InChI=1S/C31H34BrCl2N3O4S/c1-2-29(31(39)35-25-11-5-3-6-12-25)36(20-22-16-17-24(33)19-28(22)34)30(38)21-37(26-13-9-10-23(32)18-26)42(40,41)27-14-7-4-8-15-27/h4,7-10,13-19,25,29H,2-3,5-6,11-12,20-21H2,1H3,(H,35,39). The molecule has 0 heterocycles. The van der Waals surface area contributed by atoms with Crippen molar-refractivity contribution >= 4 is 66.7 Å². The summed E-state index contributed by atoms with van der Waals surface area (Å²) in [6.45, 7) is 1.32. The molecule has 3 aromatic rings. The third-order valence-electron chi connectivity index (χ3n) is 7.40. The van der Waals surface area contributed by atoms with E-state index >= 15 is 0 Å². The second kappa shape index (κ2) is 14.7. The van der Waals surface area contributed by atoms with Crippen molar-refractivity contribution in [3.63, 3.8) is 0 Å². The highest BCUT2D eigenvalue weighted by Crippen LogP contribution is 2.28. The minimum absolute atomic E-state index is 0.00311. The number of nitrogens with zero attached hydrogens (tertiary/aromatic N) is 2. The molecule has 42 heavy (non-hydrogen) atoms. The zero-order valence-electron chi connectivity index (χ0n) is 23.3. The number of hydrogen-bond acceptors (Lipinski definition) is 4. The Bertz CT molecular complexity index is 1500. The summed E-state index contributed by atoms with van der Waals surface area (Å²) in [5.41, 5.74) is 0.906. The van der Waals surface area contributed by atoms with Crippen LogP contribution in [0.2, 0.25) is 10.0 Å². The minimum atomic E-state index is -4.14. The molecular weight excluding hydrogens is 661 g/mol. The summed E-state index contributed by atoms with van der Waals surface area (Å²) in [6.07, 6.45) is 5.35. The van der Waals surface area contributed by atoms with E-state index in [0.29, 0.717) is 32.2 Å². The van der Waals surface area contributed by atoms with Gasteiger partial charge in [0.25, 0.3) is 10.0 Å². The lowest BCUT2D eigenvalue weighted by Crippen LogP contribution is -2.54. The molecule has 1 saturated carbocycles. The summed E-state index contributed by atoms with van der Waals surface area (Å²) >= 11 is 16.0. The van der Waals surface area contributed by atoms with E-state index in [1.165, 1.54) is 17.0 Å². The first-order valence-corrected chi connectivity index (χ1v) is 17.0. The second-order valence-electron chi connectivity index (χ2n) is 10.3. The predicted octanol–water partition coefficient (Wildman–Crippen LogP) is 7.21. The van der Waals surface area contributed by atoms with E-state index in [-0.39, 0.29) is 23.4 Å². The van der Waals surface area contributed by atoms with E-state index < -0.39 is 28.5 Å². The molecule has 1 fully saturated rings. The van der Waals surface area contributed by atoms with Gasteiger partial charge in [0, 0.05) is 27.1 Å². The van der Waals surface area contributed by atoms with Crippen LogP contribution in [0.25, 0.3) is 0 Å². The van der Waals surface area contributed by atoms with Gasteiger partial charge in [0.15, 0.2) is 0 Å². The van der Waals surface area contributed by atoms with Crippen LogP contribution >= 0.6 is 39.1 Å². The van der Waals surface area contributed by atoms with Gasteiger partial charge in [0.05, 0.1) is 10.6 Å². The quantitative estimate of drug-likeness (QED) is 0.230. The maximum absolute atomic E-state index is 14.2. The molecule has 11 heteroatoms. The van der Waals surface area contributed by atoms with E-state index in [1.54, 1.807) is 60.7 Å². The topological polar surface area (TPSA) is 86.8 Å². The molecule has 7 nitrogen and oxygen atoms in total. The number of benzene rings is 3. The molecule has 2 amide bonds. The van der Waals surface area contributed by atoms with Crippen molar-refractivity contribution in [3.8, 4) is 0 Å². The van der Waals surface area contributed by atoms with E-state index in [2.05, 4.69) is 21.2 Å². The summed E-state index contributed by atoms with van der Waals surface area (Å²) in [4.78, 5) is 29.3. The highest BCUT2D eigenvalue weighted by Gasteiger charge is 2.34. The Morgan fingerprint density at radius 3 is 2.33 bits per heavy atom. The number of sulfonamides is 1. The van der Waals surface area contributed by atoms with Gasteiger partial charge in [-0.25, -0.2) is 8.42 Å². The Balaban J connectivity index is 1.72. The molecule has 1 aliphatic carbocycles. The summed E-state index contributed by atoms with van der Waals surface area (Å²) in [5.74, 6) is -0.797. The van der Waals surface area contributed by atoms with Crippen LogP contribution in [0.5, 0.6) is 0 Å². The maximum atomic E-state index is 14.2. The fourth-order valence-electron chi connectivity index (χ4n) is 5.18. The van der Waals surface area contributed by atoms with Crippen LogP contribution in [0, 0.1) is 0 Å². The molecule has 3 aromatic carbocycles. The largest absolute Gasteiger partial charge is 0.352 e. The van der Waals surface area contributed by atoms with Gasteiger partial charge in [0.2, 0.25) is 11.8 Å². The number of rotatable bonds is 11. The smallest absolute Gasteiger partial charge is 0.264 e. The molecule has 0 bridgehead atoms. The van der Waals surface area contributed by atoms with Crippen LogP contribution in [-0.2, 0) is 26.2 Å². The highest BCUT2D eigenvalue weighted by molar-refractivity contribution is 9.10. The predicted molar refractivity (Wildman–Crippen MR) is 171 cm³/mol. The lowest BCUT2D eigenvalue weighted by Gasteiger charge is -2.34. The van der Waals surface area contributed by atoms with Crippen molar-refractivity contribution in [3.05, 3.63) is 92.9 Å². The van der Waals surface area contributed by atoms with Crippen LogP contribution in [0.1, 0.15) is 51.0 Å². The normalized spacial score (nSPS) is 14.7. The number of halogens is 3. The number of amides is 2. The van der Waals surface area contributed by atoms with Crippen LogP contribution < -0.4 is 9.62 Å². The number of hydrogen-bond donors (Lipinski definition) is 1. The zero-order valence-corrected chi connectivity index (χ0v) is 27.2. The molecule has 1 aliphatic rings. The van der Waals surface area contributed by atoms with Gasteiger partial charge in [-0.05, 0) is 67.3 Å². The number of carbonyl (C=O) groups is 2. The lowest BCUT2D eigenvalue weighted by atomic mass is 9.95. The molecule has 0 saturated heterocycles. The second-order valence-corrected chi connectivity index (χ2v) is 14.0. The van der Waals surface area contributed by atoms with Crippen molar-refractivity contribution in [1.82, 2.24) is 10.2 Å². The first-order chi connectivity index (χ1) is 20.1. The van der Waals surface area contributed by atoms with Gasteiger partial charge < -0.3 is 10.2 Å². The molecular formula is C31H34BrCl2N3O4S. The Hall–Kier alpha value is -2.59. The van der Waals surface area contributed by atoms with E-state index in [0.717, 1.165) is 36.4 Å². The van der Waals surface area contributed by atoms with E-state index in [4.69, 9.17) is 23.2 Å². The van der Waals surface area contributed by atoms with Crippen LogP contribution in [0.15, 0.2) is 82.2 Å². The lowest BCUT2D eigenvalue weighted by molar-refractivity contribution is -0.140. The molecule has 1 unspecified atom stereocenters. The summed E-state index contributed by atoms with van der Waals surface area (Å²) in [5, 5.41) is 3.93. The fraction of sp³-hybridized carbons (Fsp3) is 0.355.